The van der Waals surface area contributed by atoms with E-state index in [0.717, 1.165) is 11.3 Å². The van der Waals surface area contributed by atoms with Crippen molar-refractivity contribution in [1.82, 2.24) is 20.2 Å². The summed E-state index contributed by atoms with van der Waals surface area (Å²) >= 11 is 1.28. The Bertz CT molecular complexity index is 1280. The molecule has 0 saturated carbocycles. The van der Waals surface area contributed by atoms with E-state index in [1.165, 1.54) is 18.0 Å². The summed E-state index contributed by atoms with van der Waals surface area (Å²) in [6, 6.07) is 25.0. The predicted octanol–water partition coefficient (Wildman–Crippen LogP) is 4.19. The van der Waals surface area contributed by atoms with E-state index in [1.807, 2.05) is 65.2 Å². The van der Waals surface area contributed by atoms with Crippen LogP contribution in [0.5, 0.6) is 11.5 Å². The molecule has 0 radical (unpaired) electrons. The number of carbonyl (C=O) groups is 1. The standard InChI is InChI=1S/C25H23N5O3S/c1-32-21-13-14-22(33-2)19(15-21)16-26-27-23(31)17-34-25-29-28-24(18-9-5-3-6-10-18)30(25)20-11-7-4-8-12-20/h3-16H,17H2,1-2H3,(H,27,31)/b26-16-. The molecule has 8 nitrogen and oxygen atoms in total. The van der Waals surface area contributed by atoms with Crippen LogP contribution < -0.4 is 14.9 Å². The van der Waals surface area contributed by atoms with Crippen LogP contribution in [-0.2, 0) is 4.79 Å². The van der Waals surface area contributed by atoms with Gasteiger partial charge in [-0.2, -0.15) is 5.10 Å². The summed E-state index contributed by atoms with van der Waals surface area (Å²) in [5.41, 5.74) is 5.08. The number of nitrogens with zero attached hydrogens (tertiary/aromatic N) is 4. The molecule has 0 aliphatic carbocycles. The van der Waals surface area contributed by atoms with Gasteiger partial charge in [0.2, 0.25) is 0 Å². The molecular formula is C25H23N5O3S. The third kappa shape index (κ3) is 5.44. The van der Waals surface area contributed by atoms with Crippen LogP contribution in [0.2, 0.25) is 0 Å². The highest BCUT2D eigenvalue weighted by Gasteiger charge is 2.17. The zero-order valence-electron chi connectivity index (χ0n) is 18.7. The summed E-state index contributed by atoms with van der Waals surface area (Å²) in [4.78, 5) is 12.4. The van der Waals surface area contributed by atoms with Crippen LogP contribution in [0.15, 0.2) is 89.1 Å². The molecule has 0 unspecified atom stereocenters. The number of benzene rings is 3. The van der Waals surface area contributed by atoms with Gasteiger partial charge in [0, 0.05) is 16.8 Å². The lowest BCUT2D eigenvalue weighted by atomic mass is 10.2. The van der Waals surface area contributed by atoms with E-state index in [0.29, 0.717) is 28.0 Å². The van der Waals surface area contributed by atoms with Crippen LogP contribution >= 0.6 is 11.8 Å². The highest BCUT2D eigenvalue weighted by molar-refractivity contribution is 7.99. The highest BCUT2D eigenvalue weighted by Crippen LogP contribution is 2.27. The number of thioether (sulfide) groups is 1. The fraction of sp³-hybridized carbons (Fsp3) is 0.120. The first kappa shape index (κ1) is 23.1. The molecule has 34 heavy (non-hydrogen) atoms. The molecule has 1 heterocycles. The second-order valence-corrected chi connectivity index (χ2v) is 7.98. The molecule has 4 aromatic rings. The molecule has 0 atom stereocenters. The second-order valence-electron chi connectivity index (χ2n) is 7.03. The van der Waals surface area contributed by atoms with E-state index in [2.05, 4.69) is 20.7 Å². The molecular weight excluding hydrogens is 450 g/mol. The summed E-state index contributed by atoms with van der Waals surface area (Å²) in [6.07, 6.45) is 1.52. The topological polar surface area (TPSA) is 90.6 Å². The smallest absolute Gasteiger partial charge is 0.250 e. The third-order valence-electron chi connectivity index (χ3n) is 4.84. The Kier molecular flexibility index (Phi) is 7.56. The van der Waals surface area contributed by atoms with Crippen LogP contribution in [0, 0.1) is 0 Å². The normalized spacial score (nSPS) is 10.9. The number of aromatic nitrogens is 3. The largest absolute Gasteiger partial charge is 0.497 e. The fourth-order valence-corrected chi connectivity index (χ4v) is 3.97. The summed E-state index contributed by atoms with van der Waals surface area (Å²) in [7, 11) is 3.15. The number of hydrogen-bond acceptors (Lipinski definition) is 7. The van der Waals surface area contributed by atoms with Crippen molar-refractivity contribution in [2.45, 2.75) is 5.16 Å². The fourth-order valence-electron chi connectivity index (χ4n) is 3.22. The van der Waals surface area contributed by atoms with Gasteiger partial charge in [-0.25, -0.2) is 5.43 Å². The maximum Gasteiger partial charge on any atom is 0.250 e. The zero-order valence-corrected chi connectivity index (χ0v) is 19.5. The van der Waals surface area contributed by atoms with Gasteiger partial charge < -0.3 is 9.47 Å². The average molecular weight is 474 g/mol. The van der Waals surface area contributed by atoms with Gasteiger partial charge in [-0.05, 0) is 30.3 Å². The number of hydrogen-bond donors (Lipinski definition) is 1. The van der Waals surface area contributed by atoms with Crippen molar-refractivity contribution in [1.29, 1.82) is 0 Å². The van der Waals surface area contributed by atoms with Gasteiger partial charge in [0.1, 0.15) is 11.5 Å². The molecule has 1 aromatic heterocycles. The van der Waals surface area contributed by atoms with Crippen molar-refractivity contribution in [3.8, 4) is 28.6 Å². The molecule has 9 heteroatoms. The number of hydrazone groups is 1. The molecule has 0 bridgehead atoms. The van der Waals surface area contributed by atoms with Crippen molar-refractivity contribution >= 4 is 23.9 Å². The van der Waals surface area contributed by atoms with Gasteiger partial charge in [0.05, 0.1) is 26.2 Å². The van der Waals surface area contributed by atoms with Gasteiger partial charge in [0.15, 0.2) is 11.0 Å². The number of rotatable bonds is 9. The maximum atomic E-state index is 12.4. The number of amides is 1. The van der Waals surface area contributed by atoms with Crippen LogP contribution in [0.3, 0.4) is 0 Å². The Hall–Kier alpha value is -4.11. The van der Waals surface area contributed by atoms with Crippen molar-refractivity contribution in [2.75, 3.05) is 20.0 Å². The monoisotopic (exact) mass is 473 g/mol. The second kappa shape index (κ2) is 11.2. The van der Waals surface area contributed by atoms with E-state index in [-0.39, 0.29) is 11.7 Å². The molecule has 0 fully saturated rings. The lowest BCUT2D eigenvalue weighted by Gasteiger charge is -2.10. The zero-order chi connectivity index (χ0) is 23.8. The van der Waals surface area contributed by atoms with E-state index in [9.17, 15) is 4.79 Å². The Balaban J connectivity index is 1.47. The van der Waals surface area contributed by atoms with Crippen molar-refractivity contribution in [2.24, 2.45) is 5.10 Å². The molecule has 1 amide bonds. The van der Waals surface area contributed by atoms with E-state index in [4.69, 9.17) is 9.47 Å². The molecule has 4 rings (SSSR count). The Morgan fingerprint density at radius 1 is 1.00 bits per heavy atom. The van der Waals surface area contributed by atoms with Crippen molar-refractivity contribution in [3.05, 3.63) is 84.4 Å². The first-order valence-electron chi connectivity index (χ1n) is 10.4. The number of nitrogens with one attached hydrogen (secondary N) is 1. The molecule has 0 spiro atoms. The lowest BCUT2D eigenvalue weighted by Crippen LogP contribution is -2.20. The van der Waals surface area contributed by atoms with Crippen LogP contribution in [0.1, 0.15) is 5.56 Å². The Labute approximate surface area is 201 Å². The van der Waals surface area contributed by atoms with Crippen molar-refractivity contribution < 1.29 is 14.3 Å². The number of methoxy groups -OCH3 is 2. The first-order valence-corrected chi connectivity index (χ1v) is 11.4. The van der Waals surface area contributed by atoms with E-state index >= 15 is 0 Å². The van der Waals surface area contributed by atoms with Crippen LogP contribution in [0.4, 0.5) is 0 Å². The molecule has 0 aliphatic rings. The average Bonchev–Trinajstić information content (AvgIpc) is 3.32. The van der Waals surface area contributed by atoms with Gasteiger partial charge >= 0.3 is 0 Å². The summed E-state index contributed by atoms with van der Waals surface area (Å²) < 4.78 is 12.5. The van der Waals surface area contributed by atoms with Crippen LogP contribution in [-0.4, -0.2) is 46.9 Å². The molecule has 172 valence electrons. The Morgan fingerprint density at radius 2 is 1.74 bits per heavy atom. The molecule has 0 saturated heterocycles. The van der Waals surface area contributed by atoms with E-state index < -0.39 is 0 Å². The lowest BCUT2D eigenvalue weighted by molar-refractivity contribution is -0.118. The third-order valence-corrected chi connectivity index (χ3v) is 5.77. The molecule has 1 N–H and O–H groups in total. The first-order chi connectivity index (χ1) is 16.7. The van der Waals surface area contributed by atoms with Crippen molar-refractivity contribution in [3.63, 3.8) is 0 Å². The summed E-state index contributed by atoms with van der Waals surface area (Å²) in [5.74, 6) is 1.84. The quantitative estimate of drug-likeness (QED) is 0.223. The van der Waals surface area contributed by atoms with Gasteiger partial charge in [0.25, 0.3) is 5.91 Å². The van der Waals surface area contributed by atoms with Crippen LogP contribution in [0.25, 0.3) is 17.1 Å². The predicted molar refractivity (Wildman–Crippen MR) is 133 cm³/mol. The summed E-state index contributed by atoms with van der Waals surface area (Å²) in [5, 5.41) is 13.4. The number of carbonyl (C=O) groups excluding carboxylic acids is 1. The Morgan fingerprint density at radius 3 is 2.44 bits per heavy atom. The van der Waals surface area contributed by atoms with E-state index in [1.54, 1.807) is 32.4 Å². The van der Waals surface area contributed by atoms with Gasteiger partial charge in [-0.1, -0.05) is 60.3 Å². The molecule has 0 aliphatic heterocycles. The maximum absolute atomic E-state index is 12.4. The number of ether oxygens (including phenoxy) is 2. The van der Waals surface area contributed by atoms with Gasteiger partial charge in [-0.3, -0.25) is 9.36 Å². The van der Waals surface area contributed by atoms with Gasteiger partial charge in [-0.15, -0.1) is 10.2 Å². The minimum absolute atomic E-state index is 0.117. The SMILES string of the molecule is COc1ccc(OC)c(/C=N\NC(=O)CSc2nnc(-c3ccccc3)n2-c2ccccc2)c1. The minimum Gasteiger partial charge on any atom is -0.497 e. The highest BCUT2D eigenvalue weighted by atomic mass is 32.2. The minimum atomic E-state index is -0.271. The number of para-hydroxylation sites is 1. The summed E-state index contributed by atoms with van der Waals surface area (Å²) in [6.45, 7) is 0. The molecule has 3 aromatic carbocycles.